The zero-order valence-electron chi connectivity index (χ0n) is 17.4. The van der Waals surface area contributed by atoms with Gasteiger partial charge in [-0.25, -0.2) is 0 Å². The van der Waals surface area contributed by atoms with Crippen molar-refractivity contribution >= 4 is 17.4 Å². The Morgan fingerprint density at radius 3 is 2.68 bits per heavy atom. The van der Waals surface area contributed by atoms with Crippen molar-refractivity contribution in [1.82, 2.24) is 29.6 Å². The van der Waals surface area contributed by atoms with Gasteiger partial charge in [-0.3, -0.25) is 9.69 Å². The third-order valence-corrected chi connectivity index (χ3v) is 5.87. The van der Waals surface area contributed by atoms with Crippen LogP contribution < -0.4 is 4.90 Å². The van der Waals surface area contributed by atoms with Gasteiger partial charge in [0.25, 0.3) is 0 Å². The minimum atomic E-state index is -0.103. The lowest BCUT2D eigenvalue weighted by Crippen LogP contribution is -2.59. The zero-order valence-corrected chi connectivity index (χ0v) is 17.4. The molecule has 8 heteroatoms. The number of hydrogen-bond acceptors (Lipinski definition) is 6. The predicted octanol–water partition coefficient (Wildman–Crippen LogP) is 1.55. The molecule has 2 aromatic rings. The molecule has 0 radical (unpaired) electrons. The third kappa shape index (κ3) is 3.70. The number of amides is 1. The second kappa shape index (κ2) is 7.31. The molecule has 0 unspecified atom stereocenters. The zero-order chi connectivity index (χ0) is 19.9. The lowest BCUT2D eigenvalue weighted by atomic mass is 9.96. The Hall–Kier alpha value is -2.22. The number of hydrogen-bond donors (Lipinski definition) is 0. The summed E-state index contributed by atoms with van der Waals surface area (Å²) in [6, 6.07) is 4.52. The van der Waals surface area contributed by atoms with E-state index in [1.807, 2.05) is 21.5 Å². The Morgan fingerprint density at radius 2 is 1.96 bits per heavy atom. The van der Waals surface area contributed by atoms with E-state index in [0.717, 1.165) is 62.9 Å². The van der Waals surface area contributed by atoms with Crippen LogP contribution in [0, 0.1) is 0 Å². The van der Waals surface area contributed by atoms with Gasteiger partial charge < -0.3 is 9.80 Å². The van der Waals surface area contributed by atoms with Crippen molar-refractivity contribution in [3.05, 3.63) is 18.0 Å². The molecule has 28 heavy (non-hydrogen) atoms. The molecule has 2 fully saturated rings. The lowest BCUT2D eigenvalue weighted by Gasteiger charge is -2.45. The average Bonchev–Trinajstić information content (AvgIpc) is 3.03. The van der Waals surface area contributed by atoms with Crippen molar-refractivity contribution in [2.45, 2.75) is 51.5 Å². The second-order valence-electron chi connectivity index (χ2n) is 9.11. The highest BCUT2D eigenvalue weighted by Crippen LogP contribution is 2.24. The lowest BCUT2D eigenvalue weighted by molar-refractivity contribution is -0.133. The Kier molecular flexibility index (Phi) is 4.99. The molecule has 2 aromatic heterocycles. The summed E-state index contributed by atoms with van der Waals surface area (Å²) < 4.78 is 1.87. The van der Waals surface area contributed by atoms with Crippen LogP contribution in [0.25, 0.3) is 5.65 Å². The van der Waals surface area contributed by atoms with Gasteiger partial charge in [-0.15, -0.1) is 15.3 Å². The fourth-order valence-corrected chi connectivity index (χ4v) is 3.90. The van der Waals surface area contributed by atoms with Gasteiger partial charge in [-0.2, -0.15) is 4.52 Å². The van der Waals surface area contributed by atoms with Gasteiger partial charge >= 0.3 is 0 Å². The maximum Gasteiger partial charge on any atom is 0.222 e. The monoisotopic (exact) mass is 385 g/mol. The first-order chi connectivity index (χ1) is 13.3. The maximum absolute atomic E-state index is 12.0. The number of rotatable bonds is 5. The van der Waals surface area contributed by atoms with Crippen molar-refractivity contribution in [2.24, 2.45) is 0 Å². The molecule has 0 bridgehead atoms. The molecular weight excluding hydrogens is 354 g/mol. The first kappa shape index (κ1) is 19.1. The van der Waals surface area contributed by atoms with E-state index in [-0.39, 0.29) is 5.41 Å². The average molecular weight is 386 g/mol. The fourth-order valence-electron chi connectivity index (χ4n) is 3.90. The highest BCUT2D eigenvalue weighted by atomic mass is 16.2. The normalized spacial score (nSPS) is 19.0. The van der Waals surface area contributed by atoms with Gasteiger partial charge in [0.05, 0.1) is 0 Å². The summed E-state index contributed by atoms with van der Waals surface area (Å²) >= 11 is 0. The van der Waals surface area contributed by atoms with Crippen LogP contribution in [0.5, 0.6) is 0 Å². The number of likely N-dealkylation sites (tertiary alicyclic amines) is 1. The second-order valence-corrected chi connectivity index (χ2v) is 9.11. The molecule has 2 aliphatic heterocycles. The van der Waals surface area contributed by atoms with Crippen LogP contribution in [-0.4, -0.2) is 81.3 Å². The summed E-state index contributed by atoms with van der Waals surface area (Å²) in [6.45, 7) is 11.0. The molecule has 0 saturated carbocycles. The first-order valence-corrected chi connectivity index (χ1v) is 10.3. The summed E-state index contributed by atoms with van der Waals surface area (Å²) in [5, 5.41) is 13.4. The molecular formula is C20H31N7O. The molecule has 2 saturated heterocycles. The number of aromatic nitrogens is 4. The summed E-state index contributed by atoms with van der Waals surface area (Å²) in [7, 11) is 2.16. The highest BCUT2D eigenvalue weighted by Gasteiger charge is 2.32. The number of anilines is 1. The van der Waals surface area contributed by atoms with E-state index in [2.05, 4.69) is 47.8 Å². The largest absolute Gasteiger partial charge is 0.352 e. The summed E-state index contributed by atoms with van der Waals surface area (Å²) in [6.07, 6.45) is 2.90. The fraction of sp³-hybridized carbons (Fsp3) is 0.700. The Bertz CT molecular complexity index is 850. The number of carbonyl (C=O) groups is 1. The van der Waals surface area contributed by atoms with Crippen LogP contribution in [0.4, 0.5) is 5.82 Å². The molecule has 0 aliphatic carbocycles. The molecule has 1 amide bonds. The van der Waals surface area contributed by atoms with Gasteiger partial charge in [-0.1, -0.05) is 20.8 Å². The number of carbonyl (C=O) groups excluding carboxylic acids is 1. The van der Waals surface area contributed by atoms with Crippen LogP contribution in [0.15, 0.2) is 12.1 Å². The van der Waals surface area contributed by atoms with E-state index in [0.29, 0.717) is 18.4 Å². The quantitative estimate of drug-likeness (QED) is 0.778. The number of fused-ring (bicyclic) bond motifs is 1. The Balaban J connectivity index is 1.35. The Labute approximate surface area is 166 Å². The summed E-state index contributed by atoms with van der Waals surface area (Å²) in [5.74, 6) is 2.16. The third-order valence-electron chi connectivity index (χ3n) is 5.87. The predicted molar refractivity (Wildman–Crippen MR) is 109 cm³/mol. The van der Waals surface area contributed by atoms with Crippen LogP contribution in [-0.2, 0) is 10.2 Å². The minimum Gasteiger partial charge on any atom is -0.352 e. The van der Waals surface area contributed by atoms with E-state index >= 15 is 0 Å². The molecule has 4 rings (SSSR count). The van der Waals surface area contributed by atoms with Gasteiger partial charge in [-0.05, 0) is 32.0 Å². The van der Waals surface area contributed by atoms with Crippen LogP contribution in [0.3, 0.4) is 0 Å². The van der Waals surface area contributed by atoms with Crippen LogP contribution >= 0.6 is 0 Å². The van der Waals surface area contributed by atoms with Gasteiger partial charge in [0.2, 0.25) is 5.91 Å². The van der Waals surface area contributed by atoms with Crippen molar-refractivity contribution in [3.63, 3.8) is 0 Å². The van der Waals surface area contributed by atoms with Crippen molar-refractivity contribution in [3.8, 4) is 0 Å². The van der Waals surface area contributed by atoms with Gasteiger partial charge in [0, 0.05) is 50.6 Å². The number of piperidine rings is 1. The van der Waals surface area contributed by atoms with Crippen LogP contribution in [0.1, 0.15) is 45.9 Å². The van der Waals surface area contributed by atoms with E-state index in [4.69, 9.17) is 5.10 Å². The van der Waals surface area contributed by atoms with Crippen molar-refractivity contribution < 1.29 is 4.79 Å². The van der Waals surface area contributed by atoms with Crippen molar-refractivity contribution in [1.29, 1.82) is 0 Å². The standard InChI is InChI=1S/C20H31N7O/c1-20(2,3)19-22-21-16-8-9-17(23-27(16)19)26-13-15(14-26)24(4)11-12-25-10-6-5-7-18(25)28/h8-9,15H,5-7,10-14H2,1-4H3. The van der Waals surface area contributed by atoms with E-state index in [1.165, 1.54) is 0 Å². The maximum atomic E-state index is 12.0. The first-order valence-electron chi connectivity index (χ1n) is 10.3. The van der Waals surface area contributed by atoms with Gasteiger partial charge in [0.15, 0.2) is 11.5 Å². The summed E-state index contributed by atoms with van der Waals surface area (Å²) in [5.41, 5.74) is 0.684. The van der Waals surface area contributed by atoms with E-state index in [9.17, 15) is 4.79 Å². The molecule has 0 aromatic carbocycles. The number of nitrogens with zero attached hydrogens (tertiary/aromatic N) is 7. The van der Waals surface area contributed by atoms with E-state index in [1.54, 1.807) is 0 Å². The van der Waals surface area contributed by atoms with Crippen molar-refractivity contribution in [2.75, 3.05) is 44.7 Å². The molecule has 8 nitrogen and oxygen atoms in total. The summed E-state index contributed by atoms with van der Waals surface area (Å²) in [4.78, 5) is 18.6. The molecule has 0 spiro atoms. The Morgan fingerprint density at radius 1 is 1.18 bits per heavy atom. The SMILES string of the molecule is CN(CCN1CCCCC1=O)C1CN(c2ccc3nnc(C(C)(C)C)n3n2)C1. The minimum absolute atomic E-state index is 0.103. The van der Waals surface area contributed by atoms with Crippen LogP contribution in [0.2, 0.25) is 0 Å². The molecule has 152 valence electrons. The smallest absolute Gasteiger partial charge is 0.222 e. The molecule has 0 N–H and O–H groups in total. The topological polar surface area (TPSA) is 69.9 Å². The molecule has 4 heterocycles. The van der Waals surface area contributed by atoms with Gasteiger partial charge in [0.1, 0.15) is 5.82 Å². The van der Waals surface area contributed by atoms with E-state index < -0.39 is 0 Å². The molecule has 2 aliphatic rings. The number of likely N-dealkylation sites (N-methyl/N-ethyl adjacent to an activating group) is 1. The molecule has 0 atom stereocenters. The highest BCUT2D eigenvalue weighted by molar-refractivity contribution is 5.76.